The van der Waals surface area contributed by atoms with Crippen LogP contribution >= 0.6 is 0 Å². The molecule has 0 unspecified atom stereocenters. The third kappa shape index (κ3) is 4.85. The molecule has 5 heteroatoms. The van der Waals surface area contributed by atoms with Crippen molar-refractivity contribution in [2.24, 2.45) is 0 Å². The number of aromatic nitrogens is 1. The summed E-state index contributed by atoms with van der Waals surface area (Å²) in [5.74, 6) is -0.0613. The zero-order valence-corrected chi connectivity index (χ0v) is 17.2. The van der Waals surface area contributed by atoms with Gasteiger partial charge in [-0.1, -0.05) is 18.2 Å². The minimum atomic E-state index is -0.209. The van der Waals surface area contributed by atoms with E-state index in [-0.39, 0.29) is 11.7 Å². The number of rotatable bonds is 5. The van der Waals surface area contributed by atoms with Gasteiger partial charge in [0, 0.05) is 51.2 Å². The molecule has 4 rings (SSSR count). The van der Waals surface area contributed by atoms with Gasteiger partial charge in [0.05, 0.1) is 0 Å². The highest BCUT2D eigenvalue weighted by Crippen LogP contribution is 2.23. The van der Waals surface area contributed by atoms with E-state index < -0.39 is 0 Å². The van der Waals surface area contributed by atoms with Crippen LogP contribution < -0.4 is 4.90 Å². The van der Waals surface area contributed by atoms with Crippen molar-refractivity contribution in [3.63, 3.8) is 0 Å². The van der Waals surface area contributed by atoms with Gasteiger partial charge in [0.2, 0.25) is 5.91 Å². The van der Waals surface area contributed by atoms with Gasteiger partial charge >= 0.3 is 0 Å². The largest absolute Gasteiger partial charge is 0.368 e. The number of anilines is 1. The maximum atomic E-state index is 14.1. The van der Waals surface area contributed by atoms with E-state index in [2.05, 4.69) is 40.2 Å². The van der Waals surface area contributed by atoms with Gasteiger partial charge in [-0.05, 0) is 71.5 Å². The van der Waals surface area contributed by atoms with Crippen LogP contribution in [0, 0.1) is 5.82 Å². The minimum absolute atomic E-state index is 0.148. The predicted molar refractivity (Wildman–Crippen MR) is 118 cm³/mol. The van der Waals surface area contributed by atoms with Crippen LogP contribution in [0.4, 0.5) is 10.1 Å². The van der Waals surface area contributed by atoms with Crippen LogP contribution in [0.5, 0.6) is 0 Å². The minimum Gasteiger partial charge on any atom is -0.368 e. The Morgan fingerprint density at radius 1 is 0.867 bits per heavy atom. The first-order chi connectivity index (χ1) is 14.6. The molecular formula is C25H26FN3O. The fraction of sp³-hybridized carbons (Fsp3) is 0.280. The number of benzene rings is 2. The van der Waals surface area contributed by atoms with Crippen molar-refractivity contribution >= 4 is 11.6 Å². The molecule has 0 atom stereocenters. The molecule has 0 bridgehead atoms. The first kappa shape index (κ1) is 20.1. The van der Waals surface area contributed by atoms with Crippen LogP contribution in [0.2, 0.25) is 0 Å². The molecule has 0 N–H and O–H groups in total. The van der Waals surface area contributed by atoms with Crippen LogP contribution in [0.1, 0.15) is 18.1 Å². The van der Waals surface area contributed by atoms with E-state index in [4.69, 9.17) is 0 Å². The molecule has 0 aliphatic carbocycles. The van der Waals surface area contributed by atoms with Crippen LogP contribution in [-0.4, -0.2) is 42.0 Å². The Bertz CT molecular complexity index is 997. The molecule has 3 aromatic rings. The van der Waals surface area contributed by atoms with E-state index in [0.29, 0.717) is 0 Å². The fourth-order valence-corrected chi connectivity index (χ4v) is 3.95. The molecule has 30 heavy (non-hydrogen) atoms. The van der Waals surface area contributed by atoms with Gasteiger partial charge in [0.25, 0.3) is 0 Å². The van der Waals surface area contributed by atoms with Gasteiger partial charge < -0.3 is 9.80 Å². The van der Waals surface area contributed by atoms with Gasteiger partial charge in [-0.2, -0.15) is 0 Å². The lowest BCUT2D eigenvalue weighted by atomic mass is 9.99. The average Bonchev–Trinajstić information content (AvgIpc) is 2.78. The lowest BCUT2D eigenvalue weighted by Gasteiger charge is -2.35. The molecule has 1 aromatic heterocycles. The number of carbonyl (C=O) groups excluding carboxylic acids is 1. The lowest BCUT2D eigenvalue weighted by molar-refractivity contribution is -0.129. The first-order valence-corrected chi connectivity index (χ1v) is 10.4. The second-order valence-corrected chi connectivity index (χ2v) is 7.74. The summed E-state index contributed by atoms with van der Waals surface area (Å²) in [7, 11) is 0. The van der Waals surface area contributed by atoms with Crippen molar-refractivity contribution in [3.05, 3.63) is 83.9 Å². The van der Waals surface area contributed by atoms with E-state index in [1.807, 2.05) is 17.0 Å². The van der Waals surface area contributed by atoms with E-state index in [1.54, 1.807) is 31.5 Å². The third-order valence-corrected chi connectivity index (χ3v) is 5.70. The van der Waals surface area contributed by atoms with Crippen molar-refractivity contribution in [1.82, 2.24) is 9.88 Å². The van der Waals surface area contributed by atoms with Gasteiger partial charge in [-0.25, -0.2) is 4.39 Å². The van der Waals surface area contributed by atoms with Crippen molar-refractivity contribution in [2.75, 3.05) is 31.1 Å². The standard InChI is InChI=1S/C25H26FN3O/c1-19(30)28-12-14-29(15-13-28)25-6-4-20(5-7-25)2-3-21-16-23(18-24(26)17-21)22-8-10-27-11-9-22/h4-11,16-18H,2-3,12-15H2,1H3. The highest BCUT2D eigenvalue weighted by atomic mass is 19.1. The maximum absolute atomic E-state index is 14.1. The zero-order chi connectivity index (χ0) is 20.9. The topological polar surface area (TPSA) is 36.4 Å². The Kier molecular flexibility index (Phi) is 6.07. The highest BCUT2D eigenvalue weighted by Gasteiger charge is 2.18. The summed E-state index contributed by atoms with van der Waals surface area (Å²) in [5, 5.41) is 0. The number of hydrogen-bond acceptors (Lipinski definition) is 3. The first-order valence-electron chi connectivity index (χ1n) is 10.4. The molecule has 1 aliphatic rings. The highest BCUT2D eigenvalue weighted by molar-refractivity contribution is 5.73. The third-order valence-electron chi connectivity index (χ3n) is 5.70. The molecule has 4 nitrogen and oxygen atoms in total. The Balaban J connectivity index is 1.38. The molecule has 1 fully saturated rings. The van der Waals surface area contributed by atoms with Gasteiger partial charge in [0.15, 0.2) is 0 Å². The summed E-state index contributed by atoms with van der Waals surface area (Å²) in [6.07, 6.45) is 5.09. The molecule has 2 heterocycles. The molecule has 0 radical (unpaired) electrons. The van der Waals surface area contributed by atoms with Gasteiger partial charge in [-0.15, -0.1) is 0 Å². The molecule has 1 amide bonds. The monoisotopic (exact) mass is 403 g/mol. The van der Waals surface area contributed by atoms with Crippen molar-refractivity contribution in [2.45, 2.75) is 19.8 Å². The second-order valence-electron chi connectivity index (χ2n) is 7.74. The van der Waals surface area contributed by atoms with Crippen molar-refractivity contribution in [3.8, 4) is 11.1 Å². The number of nitrogens with zero attached hydrogens (tertiary/aromatic N) is 3. The molecule has 1 aliphatic heterocycles. The van der Waals surface area contributed by atoms with Gasteiger partial charge in [-0.3, -0.25) is 9.78 Å². The Morgan fingerprint density at radius 2 is 1.53 bits per heavy atom. The maximum Gasteiger partial charge on any atom is 0.219 e. The van der Waals surface area contributed by atoms with Crippen LogP contribution in [0.15, 0.2) is 67.0 Å². The molecule has 2 aromatic carbocycles. The fourth-order valence-electron chi connectivity index (χ4n) is 3.95. The van der Waals surface area contributed by atoms with E-state index in [9.17, 15) is 9.18 Å². The zero-order valence-electron chi connectivity index (χ0n) is 17.2. The van der Waals surface area contributed by atoms with Crippen LogP contribution in [-0.2, 0) is 17.6 Å². The molecule has 154 valence electrons. The molecule has 1 saturated heterocycles. The smallest absolute Gasteiger partial charge is 0.219 e. The molecular weight excluding hydrogens is 377 g/mol. The summed E-state index contributed by atoms with van der Waals surface area (Å²) in [5.41, 5.74) is 5.27. The molecule has 0 spiro atoms. The number of piperazine rings is 1. The normalized spacial score (nSPS) is 14.1. The average molecular weight is 404 g/mol. The van der Waals surface area contributed by atoms with Gasteiger partial charge in [0.1, 0.15) is 5.82 Å². The van der Waals surface area contributed by atoms with E-state index >= 15 is 0 Å². The Hall–Kier alpha value is -3.21. The SMILES string of the molecule is CC(=O)N1CCN(c2ccc(CCc3cc(F)cc(-c4ccncc4)c3)cc2)CC1. The lowest BCUT2D eigenvalue weighted by Crippen LogP contribution is -2.48. The van der Waals surface area contributed by atoms with Crippen molar-refractivity contribution in [1.29, 1.82) is 0 Å². The number of carbonyl (C=O) groups is 1. The second kappa shape index (κ2) is 9.08. The molecule has 0 saturated carbocycles. The summed E-state index contributed by atoms with van der Waals surface area (Å²) < 4.78 is 14.1. The summed E-state index contributed by atoms with van der Waals surface area (Å²) in [6.45, 7) is 4.90. The van der Waals surface area contributed by atoms with Crippen LogP contribution in [0.25, 0.3) is 11.1 Å². The van der Waals surface area contributed by atoms with Crippen molar-refractivity contribution < 1.29 is 9.18 Å². The quantitative estimate of drug-likeness (QED) is 0.636. The van der Waals surface area contributed by atoms with E-state index in [0.717, 1.165) is 55.7 Å². The number of amides is 1. The predicted octanol–water partition coefficient (Wildman–Crippen LogP) is 4.34. The summed E-state index contributed by atoms with van der Waals surface area (Å²) >= 11 is 0. The number of hydrogen-bond donors (Lipinski definition) is 0. The van der Waals surface area contributed by atoms with Crippen LogP contribution in [0.3, 0.4) is 0 Å². The summed E-state index contributed by atoms with van der Waals surface area (Å²) in [4.78, 5) is 19.7. The summed E-state index contributed by atoms with van der Waals surface area (Å²) in [6, 6.07) is 17.6. The Labute approximate surface area is 177 Å². The number of aryl methyl sites for hydroxylation is 2. The Morgan fingerprint density at radius 3 is 2.20 bits per heavy atom. The number of halogens is 1. The van der Waals surface area contributed by atoms with E-state index in [1.165, 1.54) is 11.3 Å². The number of pyridine rings is 1.